The van der Waals surface area contributed by atoms with Crippen LogP contribution < -0.4 is 9.62 Å². The minimum atomic E-state index is -3.74. The van der Waals surface area contributed by atoms with Crippen LogP contribution in [0.25, 0.3) is 0 Å². The van der Waals surface area contributed by atoms with Gasteiger partial charge in [0.15, 0.2) is 0 Å². The highest BCUT2D eigenvalue weighted by Gasteiger charge is 2.31. The van der Waals surface area contributed by atoms with E-state index in [-0.39, 0.29) is 25.0 Å². The van der Waals surface area contributed by atoms with Crippen LogP contribution >= 0.6 is 0 Å². The van der Waals surface area contributed by atoms with Gasteiger partial charge in [-0.1, -0.05) is 60.4 Å². The average molecular weight is 500 g/mol. The van der Waals surface area contributed by atoms with Crippen molar-refractivity contribution in [1.29, 1.82) is 0 Å². The fraction of sp³-hybridized carbons (Fsp3) is 0.481. The normalized spacial score (nSPS) is 15.0. The highest BCUT2D eigenvalue weighted by molar-refractivity contribution is 7.92. The Kier molecular flexibility index (Phi) is 8.59. The largest absolute Gasteiger partial charge is 0.352 e. The van der Waals surface area contributed by atoms with E-state index in [1.807, 2.05) is 57.2 Å². The van der Waals surface area contributed by atoms with E-state index in [1.165, 1.54) is 4.90 Å². The van der Waals surface area contributed by atoms with E-state index in [2.05, 4.69) is 5.32 Å². The molecular weight excluding hydrogens is 462 g/mol. The first-order valence-electron chi connectivity index (χ1n) is 12.2. The summed E-state index contributed by atoms with van der Waals surface area (Å²) in [5.41, 5.74) is 4.16. The number of aryl methyl sites for hydroxylation is 3. The van der Waals surface area contributed by atoms with Crippen molar-refractivity contribution in [2.24, 2.45) is 0 Å². The number of benzene rings is 2. The van der Waals surface area contributed by atoms with Crippen LogP contribution in [-0.4, -0.2) is 50.0 Å². The number of nitrogens with one attached hydrogen (secondary N) is 1. The standard InChI is InChI=1S/C27H37N3O4S/c1-19-9-8-10-23(16-19)17-29(22(4)27(32)28-24-11-6-7-12-24)26(31)18-30(35(5,33)34)25-14-13-20(2)15-21(25)3/h8-10,13-16,22,24H,6-7,11-12,17-18H2,1-5H3,(H,28,32). The van der Waals surface area contributed by atoms with Crippen molar-refractivity contribution >= 4 is 27.5 Å². The molecule has 1 aliphatic carbocycles. The van der Waals surface area contributed by atoms with Gasteiger partial charge in [-0.05, 0) is 57.7 Å². The van der Waals surface area contributed by atoms with Gasteiger partial charge in [0.05, 0.1) is 11.9 Å². The monoisotopic (exact) mass is 499 g/mol. The molecule has 0 aromatic heterocycles. The molecule has 0 heterocycles. The molecule has 0 radical (unpaired) electrons. The maximum absolute atomic E-state index is 13.7. The number of sulfonamides is 1. The van der Waals surface area contributed by atoms with Crippen molar-refractivity contribution in [2.45, 2.75) is 72.0 Å². The van der Waals surface area contributed by atoms with Gasteiger partial charge in [0.25, 0.3) is 0 Å². The first kappa shape index (κ1) is 26.7. The summed E-state index contributed by atoms with van der Waals surface area (Å²) in [6, 6.07) is 12.6. The Hall–Kier alpha value is -2.87. The molecule has 1 fully saturated rings. The van der Waals surface area contributed by atoms with E-state index >= 15 is 0 Å². The Morgan fingerprint density at radius 1 is 1.03 bits per heavy atom. The van der Waals surface area contributed by atoms with Crippen molar-refractivity contribution in [2.75, 3.05) is 17.1 Å². The summed E-state index contributed by atoms with van der Waals surface area (Å²) < 4.78 is 26.6. The van der Waals surface area contributed by atoms with E-state index in [0.717, 1.165) is 58.5 Å². The first-order valence-corrected chi connectivity index (χ1v) is 14.0. The minimum Gasteiger partial charge on any atom is -0.352 e. The second kappa shape index (κ2) is 11.2. The lowest BCUT2D eigenvalue weighted by Gasteiger charge is -2.32. The van der Waals surface area contributed by atoms with Crippen molar-refractivity contribution in [1.82, 2.24) is 10.2 Å². The summed E-state index contributed by atoms with van der Waals surface area (Å²) in [5.74, 6) is -0.638. The third kappa shape index (κ3) is 7.07. The molecule has 3 rings (SSSR count). The molecule has 0 saturated heterocycles. The summed E-state index contributed by atoms with van der Waals surface area (Å²) in [6.45, 7) is 7.27. The van der Waals surface area contributed by atoms with E-state index < -0.39 is 22.0 Å². The van der Waals surface area contributed by atoms with Gasteiger partial charge in [0.2, 0.25) is 21.8 Å². The molecule has 0 bridgehead atoms. The van der Waals surface area contributed by atoms with E-state index in [9.17, 15) is 18.0 Å². The van der Waals surface area contributed by atoms with Gasteiger partial charge >= 0.3 is 0 Å². The van der Waals surface area contributed by atoms with Crippen molar-refractivity contribution in [3.63, 3.8) is 0 Å². The van der Waals surface area contributed by atoms with Crippen molar-refractivity contribution in [3.8, 4) is 0 Å². The average Bonchev–Trinajstić information content (AvgIpc) is 3.28. The molecule has 2 aromatic carbocycles. The van der Waals surface area contributed by atoms with Crippen LogP contribution in [0.1, 0.15) is 54.9 Å². The number of hydrogen-bond donors (Lipinski definition) is 1. The summed E-state index contributed by atoms with van der Waals surface area (Å²) in [7, 11) is -3.74. The second-order valence-electron chi connectivity index (χ2n) is 9.74. The molecule has 2 aromatic rings. The summed E-state index contributed by atoms with van der Waals surface area (Å²) >= 11 is 0. The molecule has 35 heavy (non-hydrogen) atoms. The minimum absolute atomic E-state index is 0.128. The molecule has 0 spiro atoms. The fourth-order valence-electron chi connectivity index (χ4n) is 4.66. The Labute approximate surface area is 209 Å². The molecular formula is C27H37N3O4S. The molecule has 8 heteroatoms. The number of rotatable bonds is 9. The lowest BCUT2D eigenvalue weighted by molar-refractivity contribution is -0.139. The summed E-state index contributed by atoms with van der Waals surface area (Å²) in [4.78, 5) is 28.3. The van der Waals surface area contributed by atoms with Crippen LogP contribution in [-0.2, 0) is 26.2 Å². The van der Waals surface area contributed by atoms with E-state index in [0.29, 0.717) is 5.69 Å². The van der Waals surface area contributed by atoms with Crippen LogP contribution in [0, 0.1) is 20.8 Å². The molecule has 1 N–H and O–H groups in total. The van der Waals surface area contributed by atoms with Crippen LogP contribution in [0.2, 0.25) is 0 Å². The smallest absolute Gasteiger partial charge is 0.244 e. The van der Waals surface area contributed by atoms with E-state index in [1.54, 1.807) is 13.0 Å². The Morgan fingerprint density at radius 3 is 2.29 bits per heavy atom. The predicted octanol–water partition coefficient (Wildman–Crippen LogP) is 3.85. The van der Waals surface area contributed by atoms with Crippen LogP contribution in [0.5, 0.6) is 0 Å². The van der Waals surface area contributed by atoms with Gasteiger partial charge < -0.3 is 10.2 Å². The van der Waals surface area contributed by atoms with Gasteiger partial charge in [0, 0.05) is 12.6 Å². The highest BCUT2D eigenvalue weighted by Crippen LogP contribution is 2.24. The van der Waals surface area contributed by atoms with Gasteiger partial charge in [-0.2, -0.15) is 0 Å². The molecule has 7 nitrogen and oxygen atoms in total. The maximum atomic E-state index is 13.7. The van der Waals surface area contributed by atoms with Crippen LogP contribution in [0.4, 0.5) is 5.69 Å². The van der Waals surface area contributed by atoms with Gasteiger partial charge in [-0.3, -0.25) is 13.9 Å². The van der Waals surface area contributed by atoms with Crippen molar-refractivity contribution < 1.29 is 18.0 Å². The molecule has 1 atom stereocenters. The molecule has 0 aliphatic heterocycles. The quantitative estimate of drug-likeness (QED) is 0.568. The number of hydrogen-bond acceptors (Lipinski definition) is 4. The van der Waals surface area contributed by atoms with Crippen LogP contribution in [0.15, 0.2) is 42.5 Å². The van der Waals surface area contributed by atoms with E-state index in [4.69, 9.17) is 0 Å². The second-order valence-corrected chi connectivity index (χ2v) is 11.6. The zero-order valence-electron chi connectivity index (χ0n) is 21.4. The van der Waals surface area contributed by atoms with Gasteiger partial charge in [0.1, 0.15) is 12.6 Å². The zero-order valence-corrected chi connectivity index (χ0v) is 22.2. The number of nitrogens with zero attached hydrogens (tertiary/aromatic N) is 2. The third-order valence-corrected chi connectivity index (χ3v) is 7.73. The number of carbonyl (C=O) groups excluding carboxylic acids is 2. The molecule has 1 aliphatic rings. The Bertz CT molecular complexity index is 1170. The third-order valence-electron chi connectivity index (χ3n) is 6.60. The highest BCUT2D eigenvalue weighted by atomic mass is 32.2. The fourth-order valence-corrected chi connectivity index (χ4v) is 5.57. The van der Waals surface area contributed by atoms with Gasteiger partial charge in [-0.15, -0.1) is 0 Å². The summed E-state index contributed by atoms with van der Waals surface area (Å²) in [6.07, 6.45) is 5.16. The Balaban J connectivity index is 1.90. The number of anilines is 1. The number of amides is 2. The van der Waals surface area contributed by atoms with Gasteiger partial charge in [-0.25, -0.2) is 8.42 Å². The molecule has 1 saturated carbocycles. The first-order chi connectivity index (χ1) is 16.5. The SMILES string of the molecule is Cc1cccc(CN(C(=O)CN(c2ccc(C)cc2C)S(C)(=O)=O)C(C)C(=O)NC2CCCC2)c1. The molecule has 2 amide bonds. The Morgan fingerprint density at radius 2 is 1.69 bits per heavy atom. The zero-order chi connectivity index (χ0) is 25.8. The number of carbonyl (C=O) groups is 2. The lowest BCUT2D eigenvalue weighted by atomic mass is 10.1. The molecule has 190 valence electrons. The molecule has 1 unspecified atom stereocenters. The van der Waals surface area contributed by atoms with Crippen LogP contribution in [0.3, 0.4) is 0 Å². The summed E-state index contributed by atoms with van der Waals surface area (Å²) in [5, 5.41) is 3.08. The maximum Gasteiger partial charge on any atom is 0.244 e. The van der Waals surface area contributed by atoms with Crippen molar-refractivity contribution in [3.05, 3.63) is 64.7 Å². The predicted molar refractivity (Wildman–Crippen MR) is 140 cm³/mol. The lowest BCUT2D eigenvalue weighted by Crippen LogP contribution is -2.52. The topological polar surface area (TPSA) is 86.8 Å².